The Kier molecular flexibility index (Phi) is 7.86. The molecule has 0 aliphatic carbocycles. The first-order chi connectivity index (χ1) is 16.0. The van der Waals surface area contributed by atoms with Crippen LogP contribution in [0.5, 0.6) is 5.75 Å². The van der Waals surface area contributed by atoms with Crippen LogP contribution in [0.15, 0.2) is 71.6 Å². The van der Waals surface area contributed by atoms with E-state index in [1.165, 1.54) is 18.2 Å². The number of rotatable bonds is 8. The summed E-state index contributed by atoms with van der Waals surface area (Å²) in [4.78, 5) is 12.2. The van der Waals surface area contributed by atoms with Crippen LogP contribution < -0.4 is 14.8 Å². The Bertz CT molecular complexity index is 1280. The van der Waals surface area contributed by atoms with Crippen LogP contribution in [0.2, 0.25) is 5.02 Å². The number of nitrogens with one attached hydrogen (secondary N) is 2. The lowest BCUT2D eigenvalue weighted by atomic mass is 10.2. The second-order valence-corrected chi connectivity index (χ2v) is 9.44. The van der Waals surface area contributed by atoms with E-state index in [2.05, 4.69) is 10.0 Å². The summed E-state index contributed by atoms with van der Waals surface area (Å²) < 4.78 is 71.7. The molecule has 2 N–H and O–H groups in total. The highest BCUT2D eigenvalue weighted by molar-refractivity contribution is 7.89. The molecule has 11 heteroatoms. The first-order valence-electron chi connectivity index (χ1n) is 9.89. The molecule has 0 atom stereocenters. The van der Waals surface area contributed by atoms with Crippen molar-refractivity contribution in [1.29, 1.82) is 0 Å². The molecule has 0 saturated carbocycles. The molecule has 6 nitrogen and oxygen atoms in total. The first kappa shape index (κ1) is 25.5. The molecule has 0 aliphatic rings. The smallest absolute Gasteiger partial charge is 0.416 e. The second kappa shape index (κ2) is 10.5. The summed E-state index contributed by atoms with van der Waals surface area (Å²) >= 11 is 5.87. The summed E-state index contributed by atoms with van der Waals surface area (Å²) in [6.45, 7) is 1.21. The molecule has 34 heavy (non-hydrogen) atoms. The lowest BCUT2D eigenvalue weighted by Gasteiger charge is -2.13. The molecule has 0 fully saturated rings. The fraction of sp³-hybridized carbons (Fsp3) is 0.174. The second-order valence-electron chi connectivity index (χ2n) is 7.27. The number of alkyl halides is 3. The first-order valence-corrected chi connectivity index (χ1v) is 11.8. The average Bonchev–Trinajstić information content (AvgIpc) is 2.78. The topological polar surface area (TPSA) is 84.5 Å². The van der Waals surface area contributed by atoms with Crippen LogP contribution in [-0.2, 0) is 27.5 Å². The monoisotopic (exact) mass is 512 g/mol. The minimum absolute atomic E-state index is 0.0217. The third kappa shape index (κ3) is 6.72. The van der Waals surface area contributed by atoms with Crippen LogP contribution in [0.25, 0.3) is 0 Å². The lowest BCUT2D eigenvalue weighted by molar-refractivity contribution is -0.137. The summed E-state index contributed by atoms with van der Waals surface area (Å²) in [5.41, 5.74) is 0.0940. The van der Waals surface area contributed by atoms with E-state index in [9.17, 15) is 26.4 Å². The van der Waals surface area contributed by atoms with Crippen LogP contribution >= 0.6 is 11.6 Å². The van der Waals surface area contributed by atoms with Crippen LogP contribution in [0, 0.1) is 6.92 Å². The molecular formula is C23H20ClF3N2O4S. The SMILES string of the molecule is Cc1cc(S(=O)(=O)NCc2ccccc2)ccc1OCC(=O)Nc1cc(C(F)(F)F)ccc1Cl. The number of sulfonamides is 1. The van der Waals surface area contributed by atoms with Gasteiger partial charge in [0.1, 0.15) is 5.75 Å². The van der Waals surface area contributed by atoms with Gasteiger partial charge in [-0.1, -0.05) is 41.9 Å². The zero-order valence-corrected chi connectivity index (χ0v) is 19.4. The normalized spacial score (nSPS) is 11.8. The molecule has 0 heterocycles. The van der Waals surface area contributed by atoms with Gasteiger partial charge < -0.3 is 10.1 Å². The van der Waals surface area contributed by atoms with Crippen LogP contribution in [0.4, 0.5) is 18.9 Å². The lowest BCUT2D eigenvalue weighted by Crippen LogP contribution is -2.23. The maximum atomic E-state index is 12.9. The van der Waals surface area contributed by atoms with Gasteiger partial charge in [0.25, 0.3) is 5.91 Å². The number of aryl methyl sites for hydroxylation is 1. The third-order valence-corrected chi connectivity index (χ3v) is 6.42. The molecule has 0 unspecified atom stereocenters. The van der Waals surface area contributed by atoms with E-state index in [0.717, 1.165) is 23.8 Å². The molecule has 0 radical (unpaired) electrons. The minimum atomic E-state index is -4.59. The average molecular weight is 513 g/mol. The van der Waals surface area contributed by atoms with E-state index in [4.69, 9.17) is 16.3 Å². The molecule has 0 spiro atoms. The molecule has 3 rings (SSSR count). The Morgan fingerprint density at radius 2 is 1.74 bits per heavy atom. The van der Waals surface area contributed by atoms with Gasteiger partial charge >= 0.3 is 6.18 Å². The van der Waals surface area contributed by atoms with Gasteiger partial charge in [-0.25, -0.2) is 13.1 Å². The number of anilines is 1. The Labute approximate surface area is 199 Å². The quantitative estimate of drug-likeness (QED) is 0.436. The van der Waals surface area contributed by atoms with Gasteiger partial charge in [-0.05, 0) is 54.4 Å². The van der Waals surface area contributed by atoms with Crippen molar-refractivity contribution in [3.63, 3.8) is 0 Å². The van der Waals surface area contributed by atoms with E-state index < -0.39 is 34.3 Å². The number of hydrogen-bond acceptors (Lipinski definition) is 4. The zero-order chi connectivity index (χ0) is 24.9. The van der Waals surface area contributed by atoms with Crippen molar-refractivity contribution in [2.24, 2.45) is 0 Å². The van der Waals surface area contributed by atoms with Crippen molar-refractivity contribution in [2.75, 3.05) is 11.9 Å². The fourth-order valence-corrected chi connectivity index (χ4v) is 4.20. The van der Waals surface area contributed by atoms with Gasteiger partial charge in [-0.3, -0.25) is 4.79 Å². The zero-order valence-electron chi connectivity index (χ0n) is 17.8. The molecule has 0 bridgehead atoms. The minimum Gasteiger partial charge on any atom is -0.483 e. The molecule has 0 aromatic heterocycles. The maximum Gasteiger partial charge on any atom is 0.416 e. The fourth-order valence-electron chi connectivity index (χ4n) is 2.94. The number of ether oxygens (including phenoxy) is 1. The molecule has 3 aromatic carbocycles. The Hall–Kier alpha value is -3.08. The van der Waals surface area contributed by atoms with E-state index in [1.807, 2.05) is 6.07 Å². The summed E-state index contributed by atoms with van der Waals surface area (Å²) in [6.07, 6.45) is -4.59. The van der Waals surface area contributed by atoms with Gasteiger partial charge in [0.15, 0.2) is 6.61 Å². The van der Waals surface area contributed by atoms with E-state index in [0.29, 0.717) is 5.56 Å². The van der Waals surface area contributed by atoms with E-state index in [-0.39, 0.29) is 27.9 Å². The van der Waals surface area contributed by atoms with Crippen molar-refractivity contribution < 1.29 is 31.1 Å². The van der Waals surface area contributed by atoms with E-state index in [1.54, 1.807) is 31.2 Å². The predicted molar refractivity (Wildman–Crippen MR) is 122 cm³/mol. The van der Waals surface area contributed by atoms with Crippen LogP contribution in [-0.4, -0.2) is 20.9 Å². The van der Waals surface area contributed by atoms with Crippen molar-refractivity contribution in [1.82, 2.24) is 4.72 Å². The largest absolute Gasteiger partial charge is 0.483 e. The van der Waals surface area contributed by atoms with Gasteiger partial charge in [0.05, 0.1) is 21.2 Å². The molecule has 0 aliphatic heterocycles. The number of hydrogen-bond donors (Lipinski definition) is 2. The van der Waals surface area contributed by atoms with Gasteiger partial charge in [0, 0.05) is 6.54 Å². The number of halogens is 4. The Morgan fingerprint density at radius 1 is 1.03 bits per heavy atom. The van der Waals surface area contributed by atoms with Crippen molar-refractivity contribution in [2.45, 2.75) is 24.5 Å². The molecule has 1 amide bonds. The number of carbonyl (C=O) groups is 1. The summed E-state index contributed by atoms with van der Waals surface area (Å²) in [6, 6.07) is 15.7. The van der Waals surface area contributed by atoms with Gasteiger partial charge in [0.2, 0.25) is 10.0 Å². The Balaban J connectivity index is 1.62. The highest BCUT2D eigenvalue weighted by atomic mass is 35.5. The molecule has 0 saturated heterocycles. The van der Waals surface area contributed by atoms with Crippen molar-refractivity contribution in [3.05, 3.63) is 88.4 Å². The Morgan fingerprint density at radius 3 is 2.38 bits per heavy atom. The molecule has 3 aromatic rings. The summed E-state index contributed by atoms with van der Waals surface area (Å²) in [7, 11) is -3.78. The standard InChI is InChI=1S/C23H20ClF3N2O4S/c1-15-11-18(34(31,32)28-13-16-5-3-2-4-6-16)8-10-21(15)33-14-22(30)29-20-12-17(23(25,26)27)7-9-19(20)24/h2-12,28H,13-14H2,1H3,(H,29,30). The molecule has 180 valence electrons. The van der Waals surface area contributed by atoms with E-state index >= 15 is 0 Å². The van der Waals surface area contributed by atoms with Crippen LogP contribution in [0.1, 0.15) is 16.7 Å². The highest BCUT2D eigenvalue weighted by Gasteiger charge is 2.31. The van der Waals surface area contributed by atoms with Gasteiger partial charge in [-0.15, -0.1) is 0 Å². The summed E-state index contributed by atoms with van der Waals surface area (Å²) in [5, 5.41) is 2.22. The third-order valence-electron chi connectivity index (χ3n) is 4.69. The summed E-state index contributed by atoms with van der Waals surface area (Å²) in [5.74, 6) is -0.492. The number of amides is 1. The van der Waals surface area contributed by atoms with Crippen LogP contribution in [0.3, 0.4) is 0 Å². The van der Waals surface area contributed by atoms with Crippen molar-refractivity contribution in [3.8, 4) is 5.75 Å². The predicted octanol–water partition coefficient (Wildman–Crippen LogP) is 5.16. The van der Waals surface area contributed by atoms with Crippen molar-refractivity contribution >= 4 is 33.2 Å². The molecular weight excluding hydrogens is 493 g/mol. The number of benzene rings is 3. The maximum absolute atomic E-state index is 12.9. The highest BCUT2D eigenvalue weighted by Crippen LogP contribution is 2.33. The van der Waals surface area contributed by atoms with Gasteiger partial charge in [-0.2, -0.15) is 13.2 Å². The number of carbonyl (C=O) groups excluding carboxylic acids is 1.